The number of hydrogen-bond acceptors (Lipinski definition) is 5. The highest BCUT2D eigenvalue weighted by Gasteiger charge is 2.11. The van der Waals surface area contributed by atoms with E-state index in [2.05, 4.69) is 4.98 Å². The molecular formula is C16H15NO3S. The predicted molar refractivity (Wildman–Crippen MR) is 82.9 cm³/mol. The van der Waals surface area contributed by atoms with Gasteiger partial charge in [-0.25, -0.2) is 4.98 Å². The van der Waals surface area contributed by atoms with Crippen molar-refractivity contribution in [1.29, 1.82) is 0 Å². The molecule has 0 spiro atoms. The van der Waals surface area contributed by atoms with E-state index in [9.17, 15) is 5.11 Å². The van der Waals surface area contributed by atoms with Crippen molar-refractivity contribution in [2.75, 3.05) is 7.11 Å². The van der Waals surface area contributed by atoms with Gasteiger partial charge in [0.2, 0.25) is 0 Å². The summed E-state index contributed by atoms with van der Waals surface area (Å²) in [6.07, 6.45) is 0. The summed E-state index contributed by atoms with van der Waals surface area (Å²) in [5.74, 6) is 1.18. The van der Waals surface area contributed by atoms with Crippen molar-refractivity contribution in [2.24, 2.45) is 0 Å². The zero-order valence-corrected chi connectivity index (χ0v) is 12.4. The van der Waals surface area contributed by atoms with Crippen molar-refractivity contribution in [3.8, 4) is 11.5 Å². The standard InChI is InChI=1S/C16H15NO3S/c1-19-13-7-4-5-11(9-18)16(13)20-10-15-17-12-6-2-3-8-14(12)21-15/h2-8,18H,9-10H2,1H3. The third-order valence-corrected chi connectivity index (χ3v) is 4.14. The molecule has 5 heteroatoms. The molecule has 0 unspecified atom stereocenters. The lowest BCUT2D eigenvalue weighted by molar-refractivity contribution is 0.250. The van der Waals surface area contributed by atoms with Crippen LogP contribution >= 0.6 is 11.3 Å². The average molecular weight is 301 g/mol. The van der Waals surface area contributed by atoms with Gasteiger partial charge in [0.05, 0.1) is 23.9 Å². The van der Waals surface area contributed by atoms with Crippen LogP contribution in [0.1, 0.15) is 10.6 Å². The summed E-state index contributed by atoms with van der Waals surface area (Å²) >= 11 is 1.60. The lowest BCUT2D eigenvalue weighted by Gasteiger charge is -2.12. The van der Waals surface area contributed by atoms with E-state index in [-0.39, 0.29) is 6.61 Å². The number of thiazole rings is 1. The van der Waals surface area contributed by atoms with Crippen molar-refractivity contribution >= 4 is 21.6 Å². The van der Waals surface area contributed by atoms with E-state index in [4.69, 9.17) is 9.47 Å². The van der Waals surface area contributed by atoms with E-state index in [1.165, 1.54) is 0 Å². The number of fused-ring (bicyclic) bond motifs is 1. The van der Waals surface area contributed by atoms with Gasteiger partial charge in [-0.05, 0) is 18.2 Å². The molecule has 0 radical (unpaired) electrons. The lowest BCUT2D eigenvalue weighted by Crippen LogP contribution is -2.00. The number of methoxy groups -OCH3 is 1. The molecule has 4 nitrogen and oxygen atoms in total. The van der Waals surface area contributed by atoms with Crippen LogP contribution in [-0.2, 0) is 13.2 Å². The summed E-state index contributed by atoms with van der Waals surface area (Å²) in [4.78, 5) is 4.53. The first-order valence-electron chi connectivity index (χ1n) is 6.56. The molecule has 0 atom stereocenters. The van der Waals surface area contributed by atoms with Crippen LogP contribution < -0.4 is 9.47 Å². The topological polar surface area (TPSA) is 51.6 Å². The second kappa shape index (κ2) is 6.11. The molecule has 0 fully saturated rings. The molecule has 3 rings (SSSR count). The number of para-hydroxylation sites is 2. The predicted octanol–water partition coefficient (Wildman–Crippen LogP) is 3.38. The third-order valence-electron chi connectivity index (χ3n) is 3.13. The molecule has 1 heterocycles. The van der Waals surface area contributed by atoms with Crippen LogP contribution in [0.5, 0.6) is 11.5 Å². The van der Waals surface area contributed by atoms with E-state index >= 15 is 0 Å². The van der Waals surface area contributed by atoms with Gasteiger partial charge < -0.3 is 14.6 Å². The van der Waals surface area contributed by atoms with E-state index in [1.54, 1.807) is 18.4 Å². The minimum atomic E-state index is -0.0909. The van der Waals surface area contributed by atoms with E-state index in [1.807, 2.05) is 42.5 Å². The summed E-state index contributed by atoms with van der Waals surface area (Å²) < 4.78 is 12.2. The fourth-order valence-electron chi connectivity index (χ4n) is 2.13. The third kappa shape index (κ3) is 2.84. The molecule has 108 valence electrons. The zero-order valence-electron chi connectivity index (χ0n) is 11.6. The molecule has 1 aromatic heterocycles. The summed E-state index contributed by atoms with van der Waals surface area (Å²) in [5.41, 5.74) is 1.68. The largest absolute Gasteiger partial charge is 0.493 e. The Bertz CT molecular complexity index is 699. The molecule has 2 aromatic carbocycles. The Balaban J connectivity index is 1.84. The highest BCUT2D eigenvalue weighted by molar-refractivity contribution is 7.18. The summed E-state index contributed by atoms with van der Waals surface area (Å²) in [6.45, 7) is 0.263. The van der Waals surface area contributed by atoms with Gasteiger partial charge in [0.25, 0.3) is 0 Å². The number of hydrogen-bond donors (Lipinski definition) is 1. The number of aliphatic hydroxyl groups excluding tert-OH is 1. The number of ether oxygens (including phenoxy) is 2. The first-order valence-corrected chi connectivity index (χ1v) is 7.37. The first-order chi connectivity index (χ1) is 10.3. The highest BCUT2D eigenvalue weighted by Crippen LogP contribution is 2.32. The number of aromatic nitrogens is 1. The molecule has 1 N–H and O–H groups in total. The molecule has 21 heavy (non-hydrogen) atoms. The Morgan fingerprint density at radius 3 is 2.76 bits per heavy atom. The number of aliphatic hydroxyl groups is 1. The Labute approximate surface area is 126 Å². The summed E-state index contributed by atoms with van der Waals surface area (Å²) in [5, 5.41) is 10.3. The molecule has 0 saturated heterocycles. The van der Waals surface area contributed by atoms with E-state index < -0.39 is 0 Å². The molecule has 0 saturated carbocycles. The normalized spacial score (nSPS) is 10.8. The molecule has 3 aromatic rings. The van der Waals surface area contributed by atoms with Gasteiger partial charge in [0.15, 0.2) is 11.5 Å². The number of benzene rings is 2. The van der Waals surface area contributed by atoms with E-state index in [0.29, 0.717) is 23.7 Å². The Hall–Kier alpha value is -2.11. The Morgan fingerprint density at radius 2 is 2.00 bits per heavy atom. The lowest BCUT2D eigenvalue weighted by atomic mass is 10.2. The van der Waals surface area contributed by atoms with Crippen molar-refractivity contribution in [1.82, 2.24) is 4.98 Å². The molecule has 0 aliphatic carbocycles. The Morgan fingerprint density at radius 1 is 1.14 bits per heavy atom. The van der Waals surface area contributed by atoms with Crippen molar-refractivity contribution < 1.29 is 14.6 Å². The Kier molecular flexibility index (Phi) is 4.03. The number of rotatable bonds is 5. The van der Waals surface area contributed by atoms with Crippen LogP contribution in [0.2, 0.25) is 0 Å². The maximum atomic E-state index is 9.40. The maximum Gasteiger partial charge on any atom is 0.167 e. The minimum absolute atomic E-state index is 0.0909. The fraction of sp³-hybridized carbons (Fsp3) is 0.188. The van der Waals surface area contributed by atoms with Crippen LogP contribution in [0.4, 0.5) is 0 Å². The van der Waals surface area contributed by atoms with Gasteiger partial charge in [-0.15, -0.1) is 11.3 Å². The fourth-order valence-corrected chi connectivity index (χ4v) is 3.01. The van der Waals surface area contributed by atoms with Gasteiger partial charge >= 0.3 is 0 Å². The molecule has 0 aliphatic rings. The quantitative estimate of drug-likeness (QED) is 0.785. The first kappa shape index (κ1) is 13.9. The average Bonchev–Trinajstić information content (AvgIpc) is 2.95. The van der Waals surface area contributed by atoms with Crippen molar-refractivity contribution in [3.05, 3.63) is 53.0 Å². The van der Waals surface area contributed by atoms with Crippen LogP contribution in [0.25, 0.3) is 10.2 Å². The van der Waals surface area contributed by atoms with Gasteiger partial charge in [0, 0.05) is 5.56 Å². The number of nitrogens with zero attached hydrogens (tertiary/aromatic N) is 1. The molecular weight excluding hydrogens is 286 g/mol. The van der Waals surface area contributed by atoms with Crippen molar-refractivity contribution in [3.63, 3.8) is 0 Å². The highest BCUT2D eigenvalue weighted by atomic mass is 32.1. The van der Waals surface area contributed by atoms with Gasteiger partial charge in [-0.3, -0.25) is 0 Å². The van der Waals surface area contributed by atoms with Crippen LogP contribution in [0.15, 0.2) is 42.5 Å². The van der Waals surface area contributed by atoms with Crippen LogP contribution in [-0.4, -0.2) is 17.2 Å². The van der Waals surface area contributed by atoms with Gasteiger partial charge in [-0.2, -0.15) is 0 Å². The second-order valence-electron chi connectivity index (χ2n) is 4.47. The molecule has 0 bridgehead atoms. The van der Waals surface area contributed by atoms with Crippen LogP contribution in [0.3, 0.4) is 0 Å². The van der Waals surface area contributed by atoms with Gasteiger partial charge in [-0.1, -0.05) is 24.3 Å². The summed E-state index contributed by atoms with van der Waals surface area (Å²) in [7, 11) is 1.58. The van der Waals surface area contributed by atoms with E-state index in [0.717, 1.165) is 15.2 Å². The minimum Gasteiger partial charge on any atom is -0.493 e. The zero-order chi connectivity index (χ0) is 14.7. The molecule has 0 amide bonds. The second-order valence-corrected chi connectivity index (χ2v) is 5.59. The smallest absolute Gasteiger partial charge is 0.167 e. The van der Waals surface area contributed by atoms with Crippen molar-refractivity contribution in [2.45, 2.75) is 13.2 Å². The maximum absolute atomic E-state index is 9.40. The van der Waals surface area contributed by atoms with Gasteiger partial charge in [0.1, 0.15) is 11.6 Å². The monoisotopic (exact) mass is 301 g/mol. The molecule has 0 aliphatic heterocycles. The SMILES string of the molecule is COc1cccc(CO)c1OCc1nc2ccccc2s1. The van der Waals surface area contributed by atoms with Crippen LogP contribution in [0, 0.1) is 0 Å². The summed E-state index contributed by atoms with van der Waals surface area (Å²) in [6, 6.07) is 13.4.